The molecule has 7 nitrogen and oxygen atoms in total. The minimum Gasteiger partial charge on any atom is -0.609 e. The molecule has 2 rings (SSSR count). The van der Waals surface area contributed by atoms with Gasteiger partial charge < -0.3 is 9.87 Å². The molecule has 0 aliphatic rings. The summed E-state index contributed by atoms with van der Waals surface area (Å²) in [5.74, 6) is 0.446. The summed E-state index contributed by atoms with van der Waals surface area (Å²) in [7, 11) is 1.67. The van der Waals surface area contributed by atoms with E-state index in [-0.39, 0.29) is 10.9 Å². The van der Waals surface area contributed by atoms with Gasteiger partial charge in [-0.1, -0.05) is 5.10 Å². The summed E-state index contributed by atoms with van der Waals surface area (Å²) in [5, 5.41) is 15.8. The zero-order valence-electron chi connectivity index (χ0n) is 8.63. The van der Waals surface area contributed by atoms with E-state index in [1.165, 1.54) is 17.0 Å². The van der Waals surface area contributed by atoms with Gasteiger partial charge in [-0.25, -0.2) is 4.98 Å². The summed E-state index contributed by atoms with van der Waals surface area (Å²) in [6.45, 7) is 0. The standard InChI is InChI=1S/C8H8N6OS/c1-10-6-7-11-4-5(3-9)14(7)13-8(12-6)16(2)15/h4H,1-2H3,(H,10,12,13). The van der Waals surface area contributed by atoms with Crippen LogP contribution in [0.25, 0.3) is 5.65 Å². The lowest BCUT2D eigenvalue weighted by Gasteiger charge is -2.05. The van der Waals surface area contributed by atoms with Gasteiger partial charge in [0, 0.05) is 18.2 Å². The molecule has 82 valence electrons. The monoisotopic (exact) mass is 236 g/mol. The third-order valence-corrected chi connectivity index (χ3v) is 2.64. The molecule has 2 heterocycles. The number of anilines is 1. The molecule has 0 aromatic carbocycles. The van der Waals surface area contributed by atoms with E-state index in [4.69, 9.17) is 5.26 Å². The molecule has 0 spiro atoms. The van der Waals surface area contributed by atoms with Gasteiger partial charge in [0.05, 0.1) is 6.20 Å². The molecule has 0 saturated heterocycles. The lowest BCUT2D eigenvalue weighted by molar-refractivity contribution is 0.586. The fourth-order valence-electron chi connectivity index (χ4n) is 1.23. The Hall–Kier alpha value is -1.85. The zero-order valence-corrected chi connectivity index (χ0v) is 9.45. The number of hydrogen-bond donors (Lipinski definition) is 1. The van der Waals surface area contributed by atoms with Crippen molar-refractivity contribution in [3.05, 3.63) is 11.9 Å². The van der Waals surface area contributed by atoms with Crippen molar-refractivity contribution in [1.82, 2.24) is 19.6 Å². The van der Waals surface area contributed by atoms with Crippen LogP contribution in [0.3, 0.4) is 0 Å². The van der Waals surface area contributed by atoms with E-state index < -0.39 is 11.2 Å². The molecule has 0 radical (unpaired) electrons. The predicted octanol–water partition coefficient (Wildman–Crippen LogP) is -0.225. The smallest absolute Gasteiger partial charge is 0.361 e. The van der Waals surface area contributed by atoms with Crippen LogP contribution in [0.4, 0.5) is 5.82 Å². The van der Waals surface area contributed by atoms with Crippen LogP contribution in [0, 0.1) is 11.3 Å². The second kappa shape index (κ2) is 3.96. The number of imidazole rings is 1. The van der Waals surface area contributed by atoms with Crippen molar-refractivity contribution in [2.45, 2.75) is 5.16 Å². The van der Waals surface area contributed by atoms with Crippen LogP contribution in [0.15, 0.2) is 11.4 Å². The fourth-order valence-corrected chi connectivity index (χ4v) is 1.64. The third-order valence-electron chi connectivity index (χ3n) is 1.95. The van der Waals surface area contributed by atoms with Crippen LogP contribution in [-0.4, -0.2) is 37.4 Å². The van der Waals surface area contributed by atoms with E-state index in [9.17, 15) is 4.55 Å². The van der Waals surface area contributed by atoms with Gasteiger partial charge in [-0.2, -0.15) is 14.8 Å². The van der Waals surface area contributed by atoms with Crippen molar-refractivity contribution in [3.8, 4) is 6.07 Å². The minimum absolute atomic E-state index is 0.159. The first-order chi connectivity index (χ1) is 7.67. The number of rotatable bonds is 2. The van der Waals surface area contributed by atoms with Crippen LogP contribution in [0.2, 0.25) is 0 Å². The Bertz CT molecular complexity index is 572. The van der Waals surface area contributed by atoms with Gasteiger partial charge in [0.1, 0.15) is 12.3 Å². The Balaban J connectivity index is 2.77. The largest absolute Gasteiger partial charge is 0.609 e. The van der Waals surface area contributed by atoms with E-state index in [1.54, 1.807) is 7.05 Å². The maximum Gasteiger partial charge on any atom is 0.361 e. The number of nitrogens with zero attached hydrogens (tertiary/aromatic N) is 5. The second-order valence-electron chi connectivity index (χ2n) is 2.94. The van der Waals surface area contributed by atoms with Crippen LogP contribution < -0.4 is 5.32 Å². The van der Waals surface area contributed by atoms with E-state index >= 15 is 0 Å². The fraction of sp³-hybridized carbons (Fsp3) is 0.250. The molecule has 0 aliphatic carbocycles. The summed E-state index contributed by atoms with van der Waals surface area (Å²) in [6, 6.07) is 1.95. The van der Waals surface area contributed by atoms with Crippen molar-refractivity contribution in [3.63, 3.8) is 0 Å². The molecule has 16 heavy (non-hydrogen) atoms. The average Bonchev–Trinajstić information content (AvgIpc) is 2.70. The molecule has 0 bridgehead atoms. The van der Waals surface area contributed by atoms with Gasteiger partial charge in [-0.3, -0.25) is 0 Å². The van der Waals surface area contributed by atoms with E-state index in [1.807, 2.05) is 6.07 Å². The molecule has 2 aromatic rings. The van der Waals surface area contributed by atoms with Gasteiger partial charge in [0.2, 0.25) is 0 Å². The van der Waals surface area contributed by atoms with E-state index in [2.05, 4.69) is 20.4 Å². The molecule has 1 unspecified atom stereocenters. The van der Waals surface area contributed by atoms with Crippen LogP contribution in [0.5, 0.6) is 0 Å². The van der Waals surface area contributed by atoms with Crippen LogP contribution >= 0.6 is 0 Å². The van der Waals surface area contributed by atoms with Gasteiger partial charge in [0.25, 0.3) is 0 Å². The van der Waals surface area contributed by atoms with Crippen molar-refractivity contribution in [2.75, 3.05) is 18.6 Å². The first kappa shape index (κ1) is 10.7. The molecule has 0 fully saturated rings. The second-order valence-corrected chi connectivity index (χ2v) is 4.21. The molecule has 1 atom stereocenters. The summed E-state index contributed by atoms with van der Waals surface area (Å²) < 4.78 is 12.6. The highest BCUT2D eigenvalue weighted by molar-refractivity contribution is 7.90. The van der Waals surface area contributed by atoms with Crippen molar-refractivity contribution >= 4 is 22.6 Å². The summed E-state index contributed by atoms with van der Waals surface area (Å²) in [5.41, 5.74) is 0.717. The first-order valence-corrected chi connectivity index (χ1v) is 5.90. The summed E-state index contributed by atoms with van der Waals surface area (Å²) >= 11 is -1.31. The van der Waals surface area contributed by atoms with Gasteiger partial charge >= 0.3 is 5.16 Å². The molecule has 8 heteroatoms. The summed E-state index contributed by atoms with van der Waals surface area (Å²) in [4.78, 5) is 8.07. The van der Waals surface area contributed by atoms with Gasteiger partial charge in [-0.05, 0) is 0 Å². The first-order valence-electron chi connectivity index (χ1n) is 4.34. The third kappa shape index (κ3) is 1.56. The number of nitriles is 1. The molecule has 0 amide bonds. The van der Waals surface area contributed by atoms with Gasteiger partial charge in [0.15, 0.2) is 17.2 Å². The normalized spacial score (nSPS) is 12.4. The Morgan fingerprint density at radius 1 is 1.62 bits per heavy atom. The SMILES string of the molecule is CNc1nc([S+](C)[O-])nn2c(C#N)cnc12. The van der Waals surface area contributed by atoms with E-state index in [0.717, 1.165) is 0 Å². The van der Waals surface area contributed by atoms with Crippen molar-refractivity contribution in [1.29, 1.82) is 5.26 Å². The average molecular weight is 236 g/mol. The van der Waals surface area contributed by atoms with Gasteiger partial charge in [-0.15, -0.1) is 0 Å². The van der Waals surface area contributed by atoms with Crippen LogP contribution in [0.1, 0.15) is 5.69 Å². The Morgan fingerprint density at radius 3 is 2.94 bits per heavy atom. The Labute approximate surface area is 94.3 Å². The predicted molar refractivity (Wildman–Crippen MR) is 57.4 cm³/mol. The lowest BCUT2D eigenvalue weighted by atomic mass is 10.5. The van der Waals surface area contributed by atoms with Crippen molar-refractivity contribution in [2.24, 2.45) is 0 Å². The van der Waals surface area contributed by atoms with Crippen molar-refractivity contribution < 1.29 is 4.55 Å². The summed E-state index contributed by atoms with van der Waals surface area (Å²) in [6.07, 6.45) is 2.87. The lowest BCUT2D eigenvalue weighted by Crippen LogP contribution is -2.11. The highest BCUT2D eigenvalue weighted by atomic mass is 32.2. The topological polar surface area (TPSA) is 102 Å². The Morgan fingerprint density at radius 2 is 2.38 bits per heavy atom. The Kier molecular flexibility index (Phi) is 2.64. The minimum atomic E-state index is -1.31. The van der Waals surface area contributed by atoms with Crippen LogP contribution in [-0.2, 0) is 11.2 Å². The number of aromatic nitrogens is 4. The highest BCUT2D eigenvalue weighted by Crippen LogP contribution is 2.15. The number of fused-ring (bicyclic) bond motifs is 1. The molecular weight excluding hydrogens is 228 g/mol. The maximum atomic E-state index is 11.3. The number of hydrogen-bond acceptors (Lipinski definition) is 6. The zero-order chi connectivity index (χ0) is 11.7. The molecule has 0 aliphatic heterocycles. The molecule has 0 saturated carbocycles. The quantitative estimate of drug-likeness (QED) is 0.723. The van der Waals surface area contributed by atoms with E-state index in [0.29, 0.717) is 11.5 Å². The highest BCUT2D eigenvalue weighted by Gasteiger charge is 2.16. The molecule has 1 N–H and O–H groups in total. The maximum absolute atomic E-state index is 11.3. The molecular formula is C8H8N6OS. The molecule has 2 aromatic heterocycles. The number of nitrogens with one attached hydrogen (secondary N) is 1.